The van der Waals surface area contributed by atoms with Gasteiger partial charge in [0, 0.05) is 38.4 Å². The second-order valence-corrected chi connectivity index (χ2v) is 7.71. The van der Waals surface area contributed by atoms with Crippen molar-refractivity contribution in [1.29, 1.82) is 0 Å². The van der Waals surface area contributed by atoms with Gasteiger partial charge in [-0.3, -0.25) is 24.4 Å². The van der Waals surface area contributed by atoms with Crippen LogP contribution >= 0.6 is 0 Å². The third-order valence-electron chi connectivity index (χ3n) is 5.86. The van der Waals surface area contributed by atoms with Crippen LogP contribution < -0.4 is 10.2 Å². The summed E-state index contributed by atoms with van der Waals surface area (Å²) in [6.45, 7) is 1.60. The van der Waals surface area contributed by atoms with Gasteiger partial charge in [-0.25, -0.2) is 0 Å². The Balaban J connectivity index is 1.63. The molecule has 1 unspecified atom stereocenters. The van der Waals surface area contributed by atoms with Crippen LogP contribution in [0.2, 0.25) is 0 Å². The van der Waals surface area contributed by atoms with Gasteiger partial charge in [-0.1, -0.05) is 12.1 Å². The lowest BCUT2D eigenvalue weighted by molar-refractivity contribution is -0.138. The van der Waals surface area contributed by atoms with Gasteiger partial charge in [-0.05, 0) is 31.2 Å². The highest BCUT2D eigenvalue weighted by atomic mass is 16.4. The van der Waals surface area contributed by atoms with E-state index < -0.39 is 11.9 Å². The molecule has 2 aliphatic heterocycles. The van der Waals surface area contributed by atoms with Gasteiger partial charge in [0.1, 0.15) is 0 Å². The number of imide groups is 1. The van der Waals surface area contributed by atoms with E-state index in [0.717, 1.165) is 42.5 Å². The van der Waals surface area contributed by atoms with E-state index in [2.05, 4.69) is 21.4 Å². The topological polar surface area (TPSA) is 105 Å². The summed E-state index contributed by atoms with van der Waals surface area (Å²) in [6.07, 6.45) is 2.72. The number of aryl methyl sites for hydroxylation is 1. The molecule has 0 aliphatic carbocycles. The molecule has 28 heavy (non-hydrogen) atoms. The number of carbonyl (C=O) groups is 3. The molecule has 148 valence electrons. The van der Waals surface area contributed by atoms with Gasteiger partial charge >= 0.3 is 5.97 Å². The number of aromatic nitrogens is 2. The smallest absolute Gasteiger partial charge is 0.303 e. The molecule has 4 rings (SSSR count). The molecule has 0 spiro atoms. The number of nitrogens with zero attached hydrogens (tertiary/aromatic N) is 3. The van der Waals surface area contributed by atoms with E-state index in [9.17, 15) is 14.4 Å². The first-order valence-electron chi connectivity index (χ1n) is 9.70. The van der Waals surface area contributed by atoms with Gasteiger partial charge < -0.3 is 10.0 Å². The second-order valence-electron chi connectivity index (χ2n) is 7.71. The van der Waals surface area contributed by atoms with Crippen molar-refractivity contribution in [1.82, 2.24) is 15.1 Å². The van der Waals surface area contributed by atoms with Crippen molar-refractivity contribution in [3.63, 3.8) is 0 Å². The van der Waals surface area contributed by atoms with Crippen molar-refractivity contribution in [2.45, 2.75) is 38.0 Å². The largest absolute Gasteiger partial charge is 0.481 e. The Morgan fingerprint density at radius 2 is 2.00 bits per heavy atom. The number of fused-ring (bicyclic) bond motifs is 1. The van der Waals surface area contributed by atoms with Gasteiger partial charge in [-0.15, -0.1) is 0 Å². The Bertz CT molecular complexity index is 943. The Labute approximate surface area is 162 Å². The summed E-state index contributed by atoms with van der Waals surface area (Å²) in [5, 5.41) is 17.0. The minimum absolute atomic E-state index is 0.221. The molecule has 2 aromatic rings. The minimum Gasteiger partial charge on any atom is -0.481 e. The van der Waals surface area contributed by atoms with E-state index in [4.69, 9.17) is 5.11 Å². The number of aliphatic carboxylic acids is 1. The zero-order chi connectivity index (χ0) is 19.8. The fraction of sp³-hybridized carbons (Fsp3) is 0.500. The number of carboxylic acid groups (broad SMARTS) is 1. The maximum atomic E-state index is 12.3. The average Bonchev–Trinajstić information content (AvgIpc) is 2.99. The van der Waals surface area contributed by atoms with Crippen molar-refractivity contribution in [2.24, 2.45) is 13.0 Å². The lowest BCUT2D eigenvalue weighted by Gasteiger charge is -2.33. The Morgan fingerprint density at radius 1 is 1.25 bits per heavy atom. The maximum absolute atomic E-state index is 12.3. The molecule has 1 aromatic heterocycles. The van der Waals surface area contributed by atoms with E-state index >= 15 is 0 Å². The summed E-state index contributed by atoms with van der Waals surface area (Å²) in [6, 6.07) is 6.00. The van der Waals surface area contributed by atoms with Crippen LogP contribution in [0, 0.1) is 5.92 Å². The van der Waals surface area contributed by atoms with Crippen LogP contribution in [0.4, 0.5) is 5.69 Å². The number of carbonyl (C=O) groups excluding carboxylic acids is 2. The Morgan fingerprint density at radius 3 is 2.68 bits per heavy atom. The average molecular weight is 384 g/mol. The molecule has 0 saturated carbocycles. The third-order valence-corrected chi connectivity index (χ3v) is 5.86. The number of hydrogen-bond acceptors (Lipinski definition) is 5. The van der Waals surface area contributed by atoms with E-state index in [-0.39, 0.29) is 24.2 Å². The highest BCUT2D eigenvalue weighted by molar-refractivity contribution is 6.03. The summed E-state index contributed by atoms with van der Waals surface area (Å²) < 4.78 is 1.81. The number of benzene rings is 1. The summed E-state index contributed by atoms with van der Waals surface area (Å²) in [5.41, 5.74) is 2.74. The first-order valence-corrected chi connectivity index (χ1v) is 9.70. The van der Waals surface area contributed by atoms with Crippen molar-refractivity contribution in [3.05, 3.63) is 23.9 Å². The number of anilines is 1. The van der Waals surface area contributed by atoms with E-state index in [0.29, 0.717) is 18.5 Å². The number of amides is 2. The summed E-state index contributed by atoms with van der Waals surface area (Å²) in [5.74, 6) is -1.44. The van der Waals surface area contributed by atoms with Crippen LogP contribution in [-0.2, 0) is 21.4 Å². The predicted molar refractivity (Wildman–Crippen MR) is 103 cm³/mol. The first-order chi connectivity index (χ1) is 13.4. The molecular formula is C20H24N4O4. The van der Waals surface area contributed by atoms with Crippen LogP contribution in [0.5, 0.6) is 0 Å². The van der Waals surface area contributed by atoms with Gasteiger partial charge in [0.15, 0.2) is 0 Å². The summed E-state index contributed by atoms with van der Waals surface area (Å²) in [4.78, 5) is 37.0. The quantitative estimate of drug-likeness (QED) is 0.779. The molecule has 2 amide bonds. The maximum Gasteiger partial charge on any atom is 0.303 e. The highest BCUT2D eigenvalue weighted by Crippen LogP contribution is 2.36. The lowest BCUT2D eigenvalue weighted by atomic mass is 9.92. The zero-order valence-corrected chi connectivity index (χ0v) is 15.9. The van der Waals surface area contributed by atoms with Crippen LogP contribution in [0.3, 0.4) is 0 Å². The van der Waals surface area contributed by atoms with Crippen LogP contribution in [0.15, 0.2) is 18.2 Å². The molecule has 1 aromatic carbocycles. The lowest BCUT2D eigenvalue weighted by Crippen LogP contribution is -2.39. The Kier molecular flexibility index (Phi) is 4.78. The van der Waals surface area contributed by atoms with Crippen molar-refractivity contribution in [3.8, 4) is 0 Å². The second kappa shape index (κ2) is 7.26. The predicted octanol–water partition coefficient (Wildman–Crippen LogP) is 1.78. The number of rotatable bonds is 4. The molecule has 2 saturated heterocycles. The molecule has 2 N–H and O–H groups in total. The Hall–Kier alpha value is -2.90. The molecule has 3 heterocycles. The minimum atomic E-state index is -0.735. The van der Waals surface area contributed by atoms with Crippen molar-refractivity contribution >= 4 is 34.4 Å². The number of hydrogen-bond donors (Lipinski definition) is 2. The van der Waals surface area contributed by atoms with Gasteiger partial charge in [0.25, 0.3) is 0 Å². The van der Waals surface area contributed by atoms with Crippen LogP contribution in [0.1, 0.15) is 43.7 Å². The summed E-state index contributed by atoms with van der Waals surface area (Å²) in [7, 11) is 1.87. The molecular weight excluding hydrogens is 360 g/mol. The fourth-order valence-corrected chi connectivity index (χ4v) is 4.44. The van der Waals surface area contributed by atoms with Crippen molar-refractivity contribution in [2.75, 3.05) is 18.0 Å². The van der Waals surface area contributed by atoms with E-state index in [1.165, 1.54) is 0 Å². The normalized spacial score (nSPS) is 21.2. The number of nitrogens with one attached hydrogen (secondary N) is 1. The number of piperidine rings is 2. The number of carboxylic acids is 1. The molecule has 8 nitrogen and oxygen atoms in total. The molecule has 1 atom stereocenters. The molecule has 0 radical (unpaired) electrons. The van der Waals surface area contributed by atoms with Gasteiger partial charge in [0.05, 0.1) is 22.8 Å². The van der Waals surface area contributed by atoms with Gasteiger partial charge in [0.2, 0.25) is 11.8 Å². The fourth-order valence-electron chi connectivity index (χ4n) is 4.44. The molecule has 2 aliphatic rings. The van der Waals surface area contributed by atoms with E-state index in [1.807, 2.05) is 23.9 Å². The van der Waals surface area contributed by atoms with E-state index in [1.54, 1.807) is 0 Å². The van der Waals surface area contributed by atoms with Crippen LogP contribution in [-0.4, -0.2) is 45.8 Å². The molecule has 0 bridgehead atoms. The van der Waals surface area contributed by atoms with Gasteiger partial charge in [-0.2, -0.15) is 5.10 Å². The monoisotopic (exact) mass is 384 g/mol. The summed E-state index contributed by atoms with van der Waals surface area (Å²) >= 11 is 0. The third kappa shape index (κ3) is 3.34. The zero-order valence-electron chi connectivity index (χ0n) is 15.9. The first kappa shape index (κ1) is 18.5. The number of para-hydroxylation sites is 1. The van der Waals surface area contributed by atoms with Crippen molar-refractivity contribution < 1.29 is 19.5 Å². The highest BCUT2D eigenvalue weighted by Gasteiger charge is 2.32. The molecule has 2 fully saturated rings. The molecule has 8 heteroatoms. The van der Waals surface area contributed by atoms with Crippen LogP contribution in [0.25, 0.3) is 10.9 Å². The standard InChI is InChI=1S/C20H24N4O4/c1-23-19-13(18(22-23)14-5-6-16(25)21-20(14)28)3-2-4-15(19)24-9-7-12(8-10-24)11-17(26)27/h2-4,12,14H,5-11H2,1H3,(H,26,27)(H,21,25,28). The SMILES string of the molecule is Cn1nc(C2CCC(=O)NC2=O)c2cccc(N3CCC(CC(=O)O)CC3)c21.